The number of hydrogen-bond donors (Lipinski definition) is 1. The van der Waals surface area contributed by atoms with Crippen LogP contribution in [0, 0.1) is 0 Å². The molecule has 0 amide bonds. The van der Waals surface area contributed by atoms with Crippen molar-refractivity contribution in [3.63, 3.8) is 0 Å². The molecule has 0 spiro atoms. The highest BCUT2D eigenvalue weighted by atomic mass is 35.5. The summed E-state index contributed by atoms with van der Waals surface area (Å²) in [6.07, 6.45) is 0. The van der Waals surface area contributed by atoms with Gasteiger partial charge >= 0.3 is 6.01 Å². The van der Waals surface area contributed by atoms with Crippen molar-refractivity contribution in [3.05, 3.63) is 83.4 Å². The molecule has 9 heteroatoms. The second-order valence-corrected chi connectivity index (χ2v) is 7.98. The van der Waals surface area contributed by atoms with Crippen LogP contribution in [0.3, 0.4) is 0 Å². The number of anilines is 2. The van der Waals surface area contributed by atoms with Gasteiger partial charge in [0.2, 0.25) is 0 Å². The Balaban J connectivity index is 1.24. The number of hydrogen-bond acceptors (Lipinski definition) is 7. The number of para-hydroxylation sites is 1. The van der Waals surface area contributed by atoms with E-state index in [-0.39, 0.29) is 0 Å². The summed E-state index contributed by atoms with van der Waals surface area (Å²) < 4.78 is 12.9. The Morgan fingerprint density at radius 3 is 2.64 bits per heavy atom. The van der Waals surface area contributed by atoms with E-state index in [0.717, 1.165) is 54.0 Å². The molecule has 1 saturated heterocycles. The molecule has 1 N–H and O–H groups in total. The monoisotopic (exact) mass is 462 g/mol. The lowest BCUT2D eigenvalue weighted by Crippen LogP contribution is -2.36. The lowest BCUT2D eigenvalue weighted by atomic mass is 10.2. The van der Waals surface area contributed by atoms with Crippen molar-refractivity contribution in [3.8, 4) is 17.4 Å². The van der Waals surface area contributed by atoms with Gasteiger partial charge < -0.3 is 19.7 Å². The minimum Gasteiger partial charge on any atom is -0.423 e. The van der Waals surface area contributed by atoms with Crippen LogP contribution in [0.4, 0.5) is 11.4 Å². The van der Waals surface area contributed by atoms with E-state index in [4.69, 9.17) is 21.1 Å². The Labute approximate surface area is 196 Å². The molecule has 8 nitrogen and oxygen atoms in total. The number of tetrazole rings is 1. The Hall–Kier alpha value is -3.62. The number of rotatable bonds is 7. The van der Waals surface area contributed by atoms with Crippen LogP contribution in [-0.2, 0) is 11.3 Å². The van der Waals surface area contributed by atoms with Crippen LogP contribution < -0.4 is 15.0 Å². The fraction of sp³-hybridized carbons (Fsp3) is 0.208. The molecule has 0 aliphatic carbocycles. The van der Waals surface area contributed by atoms with Gasteiger partial charge in [-0.15, -0.1) is 0 Å². The second kappa shape index (κ2) is 9.89. The van der Waals surface area contributed by atoms with Gasteiger partial charge in [0.05, 0.1) is 29.6 Å². The van der Waals surface area contributed by atoms with Crippen molar-refractivity contribution >= 4 is 23.0 Å². The number of nitrogens with one attached hydrogen (secondary N) is 1. The standard InChI is InChI=1S/C24H23ClN6O2/c25-22-16-19(9-10-23(22)30-11-13-32-14-12-30)26-17-18-5-4-8-21(15-18)33-24-27-28-29-31(24)20-6-2-1-3-7-20/h1-10,15-16,26H,11-14,17H2. The molecule has 2 heterocycles. The van der Waals surface area contributed by atoms with Crippen LogP contribution in [0.15, 0.2) is 72.8 Å². The third-order valence-corrected chi connectivity index (χ3v) is 5.65. The molecule has 1 fully saturated rings. The van der Waals surface area contributed by atoms with E-state index in [0.29, 0.717) is 18.3 Å². The Kier molecular flexibility index (Phi) is 6.37. The average molecular weight is 463 g/mol. The van der Waals surface area contributed by atoms with Gasteiger partial charge in [-0.05, 0) is 58.5 Å². The van der Waals surface area contributed by atoms with Crippen LogP contribution in [0.1, 0.15) is 5.56 Å². The second-order valence-electron chi connectivity index (χ2n) is 7.58. The Morgan fingerprint density at radius 1 is 0.970 bits per heavy atom. The van der Waals surface area contributed by atoms with Crippen LogP contribution in [0.5, 0.6) is 11.8 Å². The molecule has 5 rings (SSSR count). The van der Waals surface area contributed by atoms with Crippen molar-refractivity contribution in [1.29, 1.82) is 0 Å². The van der Waals surface area contributed by atoms with Crippen molar-refractivity contribution < 1.29 is 9.47 Å². The highest BCUT2D eigenvalue weighted by molar-refractivity contribution is 6.33. The number of aromatic nitrogens is 4. The largest absolute Gasteiger partial charge is 0.423 e. The summed E-state index contributed by atoms with van der Waals surface area (Å²) in [7, 11) is 0. The Bertz CT molecular complexity index is 1210. The van der Waals surface area contributed by atoms with Crippen LogP contribution in [0.2, 0.25) is 5.02 Å². The summed E-state index contributed by atoms with van der Waals surface area (Å²) in [6, 6.07) is 23.8. The zero-order valence-corrected chi connectivity index (χ0v) is 18.7. The third-order valence-electron chi connectivity index (χ3n) is 5.35. The van der Waals surface area contributed by atoms with E-state index in [2.05, 4.69) is 31.8 Å². The van der Waals surface area contributed by atoms with Gasteiger partial charge in [0.1, 0.15) is 5.75 Å². The van der Waals surface area contributed by atoms with Gasteiger partial charge in [-0.2, -0.15) is 4.68 Å². The highest BCUT2D eigenvalue weighted by Crippen LogP contribution is 2.30. The van der Waals surface area contributed by atoms with E-state index in [1.807, 2.05) is 66.7 Å². The fourth-order valence-electron chi connectivity index (χ4n) is 3.68. The molecule has 0 bridgehead atoms. The predicted molar refractivity (Wildman–Crippen MR) is 127 cm³/mol. The third kappa shape index (κ3) is 5.08. The van der Waals surface area contributed by atoms with Gasteiger partial charge in [-0.3, -0.25) is 0 Å². The number of morpholine rings is 1. The van der Waals surface area contributed by atoms with Gasteiger partial charge in [-0.1, -0.05) is 47.0 Å². The first-order valence-electron chi connectivity index (χ1n) is 10.7. The predicted octanol–water partition coefficient (Wildman–Crippen LogP) is 4.56. The minimum absolute atomic E-state index is 0.303. The SMILES string of the molecule is Clc1cc(NCc2cccc(Oc3nnnn3-c3ccccc3)c2)ccc1N1CCOCC1. The fourth-order valence-corrected chi connectivity index (χ4v) is 3.98. The van der Waals surface area contributed by atoms with Gasteiger partial charge in [0, 0.05) is 25.3 Å². The summed E-state index contributed by atoms with van der Waals surface area (Å²) >= 11 is 6.55. The lowest BCUT2D eigenvalue weighted by Gasteiger charge is -2.29. The van der Waals surface area contributed by atoms with Crippen molar-refractivity contribution in [1.82, 2.24) is 20.2 Å². The molecule has 0 unspecified atom stereocenters. The van der Waals surface area contributed by atoms with E-state index >= 15 is 0 Å². The number of nitrogens with zero attached hydrogens (tertiary/aromatic N) is 5. The maximum absolute atomic E-state index is 6.55. The molecule has 1 aliphatic heterocycles. The minimum atomic E-state index is 0.303. The number of halogens is 1. The quantitative estimate of drug-likeness (QED) is 0.431. The maximum atomic E-state index is 6.55. The number of benzene rings is 3. The highest BCUT2D eigenvalue weighted by Gasteiger charge is 2.14. The van der Waals surface area contributed by atoms with Gasteiger partial charge in [-0.25, -0.2) is 0 Å². The lowest BCUT2D eigenvalue weighted by molar-refractivity contribution is 0.122. The summed E-state index contributed by atoms with van der Waals surface area (Å²) in [4.78, 5) is 2.25. The number of ether oxygens (including phenoxy) is 2. The maximum Gasteiger partial charge on any atom is 0.345 e. The zero-order chi connectivity index (χ0) is 22.5. The van der Waals surface area contributed by atoms with Crippen molar-refractivity contribution in [2.75, 3.05) is 36.5 Å². The smallest absolute Gasteiger partial charge is 0.345 e. The molecule has 33 heavy (non-hydrogen) atoms. The molecule has 3 aromatic carbocycles. The van der Waals surface area contributed by atoms with Crippen LogP contribution >= 0.6 is 11.6 Å². The molecule has 168 valence electrons. The molecular formula is C24H23ClN6O2. The van der Waals surface area contributed by atoms with Crippen molar-refractivity contribution in [2.45, 2.75) is 6.54 Å². The molecule has 4 aromatic rings. The first-order chi connectivity index (χ1) is 16.3. The summed E-state index contributed by atoms with van der Waals surface area (Å²) in [5, 5.41) is 15.9. The molecule has 1 aliphatic rings. The molecule has 0 radical (unpaired) electrons. The summed E-state index contributed by atoms with van der Waals surface area (Å²) in [6.45, 7) is 3.78. The van der Waals surface area contributed by atoms with Crippen LogP contribution in [-0.4, -0.2) is 46.5 Å². The first-order valence-corrected chi connectivity index (χ1v) is 11.1. The van der Waals surface area contributed by atoms with Crippen molar-refractivity contribution in [2.24, 2.45) is 0 Å². The summed E-state index contributed by atoms with van der Waals surface area (Å²) in [5.74, 6) is 0.655. The first kappa shape index (κ1) is 21.2. The summed E-state index contributed by atoms with van der Waals surface area (Å²) in [5.41, 5.74) is 3.88. The topological polar surface area (TPSA) is 77.3 Å². The zero-order valence-electron chi connectivity index (χ0n) is 17.9. The molecule has 0 atom stereocenters. The van der Waals surface area contributed by atoms with E-state index < -0.39 is 0 Å². The van der Waals surface area contributed by atoms with Crippen LogP contribution in [0.25, 0.3) is 5.69 Å². The molecule has 1 aromatic heterocycles. The average Bonchev–Trinajstić information content (AvgIpc) is 3.32. The van der Waals surface area contributed by atoms with Gasteiger partial charge in [0.15, 0.2) is 0 Å². The molecule has 0 saturated carbocycles. The van der Waals surface area contributed by atoms with E-state index in [1.54, 1.807) is 4.68 Å². The van der Waals surface area contributed by atoms with E-state index in [9.17, 15) is 0 Å². The van der Waals surface area contributed by atoms with E-state index in [1.165, 1.54) is 0 Å². The Morgan fingerprint density at radius 2 is 1.82 bits per heavy atom. The van der Waals surface area contributed by atoms with Gasteiger partial charge in [0.25, 0.3) is 0 Å². The normalized spacial score (nSPS) is 13.7. The molecular weight excluding hydrogens is 440 g/mol.